The van der Waals surface area contributed by atoms with Crippen LogP contribution in [0.5, 0.6) is 0 Å². The molecule has 3 aromatic rings. The Morgan fingerprint density at radius 1 is 0.808 bits per heavy atom. The van der Waals surface area contributed by atoms with E-state index in [1.807, 2.05) is 60.7 Å². The molecule has 0 heterocycles. The molecule has 0 fully saturated rings. The van der Waals surface area contributed by atoms with Crippen LogP contribution in [0, 0.1) is 0 Å². The first-order chi connectivity index (χ1) is 12.4. The van der Waals surface area contributed by atoms with Crippen molar-refractivity contribution in [3.05, 3.63) is 96.1 Å². The number of carbonyl (C=O) groups excluding carboxylic acids is 1. The van der Waals surface area contributed by atoms with Gasteiger partial charge in [-0.05, 0) is 29.3 Å². The monoisotopic (exact) mass is 365 g/mol. The van der Waals surface area contributed by atoms with Crippen LogP contribution in [0.2, 0.25) is 0 Å². The van der Waals surface area contributed by atoms with E-state index in [9.17, 15) is 13.2 Å². The molecule has 4 nitrogen and oxygen atoms in total. The molecule has 5 heteroatoms. The Kier molecular flexibility index (Phi) is 5.19. The summed E-state index contributed by atoms with van der Waals surface area (Å²) in [5.74, 6) is -0.702. The van der Waals surface area contributed by atoms with Crippen molar-refractivity contribution in [1.82, 2.24) is 0 Å². The number of sulfone groups is 1. The maximum Gasteiger partial charge on any atom is 0.236 e. The van der Waals surface area contributed by atoms with Gasteiger partial charge in [0.1, 0.15) is 0 Å². The minimum atomic E-state index is -3.34. The Hall–Kier alpha value is -2.92. The van der Waals surface area contributed by atoms with Crippen molar-refractivity contribution in [3.8, 4) is 0 Å². The summed E-state index contributed by atoms with van der Waals surface area (Å²) < 4.78 is 23.5. The molecule has 3 rings (SSSR count). The molecule has 0 aliphatic rings. The van der Waals surface area contributed by atoms with Crippen molar-refractivity contribution in [1.29, 1.82) is 0 Å². The zero-order valence-electron chi connectivity index (χ0n) is 14.3. The number of carbonyl (C=O) groups is 1. The summed E-state index contributed by atoms with van der Waals surface area (Å²) in [5, 5.41) is 2.85. The fraction of sp³-hybridized carbons (Fsp3) is 0.0952. The number of benzene rings is 3. The quantitative estimate of drug-likeness (QED) is 0.747. The topological polar surface area (TPSA) is 63.2 Å². The van der Waals surface area contributed by atoms with E-state index in [1.165, 1.54) is 12.1 Å². The standard InChI is InChI=1S/C21H19NO3S/c1-26(24,25)19-14-8-13-18(15-19)22-21(23)20(16-9-4-2-5-10-16)17-11-6-3-7-12-17/h2-15,20H,1H3,(H,22,23). The number of amides is 1. The Bertz CT molecular complexity index is 960. The van der Waals surface area contributed by atoms with Gasteiger partial charge in [0, 0.05) is 11.9 Å². The molecule has 0 aliphatic heterocycles. The summed E-state index contributed by atoms with van der Waals surface area (Å²) in [6.45, 7) is 0. The first-order valence-electron chi connectivity index (χ1n) is 8.16. The third-order valence-corrected chi connectivity index (χ3v) is 5.17. The van der Waals surface area contributed by atoms with Crippen LogP contribution < -0.4 is 5.32 Å². The van der Waals surface area contributed by atoms with Gasteiger partial charge in [-0.3, -0.25) is 4.79 Å². The molecule has 1 N–H and O–H groups in total. The fourth-order valence-electron chi connectivity index (χ4n) is 2.81. The third kappa shape index (κ3) is 4.18. The smallest absolute Gasteiger partial charge is 0.236 e. The maximum absolute atomic E-state index is 13.0. The van der Waals surface area contributed by atoms with Crippen LogP contribution >= 0.6 is 0 Å². The van der Waals surface area contributed by atoms with Gasteiger partial charge in [-0.2, -0.15) is 0 Å². The average molecular weight is 365 g/mol. The van der Waals surface area contributed by atoms with Crippen molar-refractivity contribution >= 4 is 21.4 Å². The molecule has 0 saturated carbocycles. The summed E-state index contributed by atoms with van der Waals surface area (Å²) in [5.41, 5.74) is 2.20. The molecule has 0 aliphatic carbocycles. The normalized spacial score (nSPS) is 11.3. The van der Waals surface area contributed by atoms with Crippen LogP contribution in [0.1, 0.15) is 17.0 Å². The lowest BCUT2D eigenvalue weighted by Gasteiger charge is -2.18. The van der Waals surface area contributed by atoms with Crippen molar-refractivity contribution < 1.29 is 13.2 Å². The van der Waals surface area contributed by atoms with Gasteiger partial charge >= 0.3 is 0 Å². The number of nitrogens with one attached hydrogen (secondary N) is 1. The largest absolute Gasteiger partial charge is 0.325 e. The van der Waals surface area contributed by atoms with Crippen LogP contribution in [0.15, 0.2) is 89.8 Å². The lowest BCUT2D eigenvalue weighted by Crippen LogP contribution is -2.22. The van der Waals surface area contributed by atoms with E-state index in [4.69, 9.17) is 0 Å². The van der Waals surface area contributed by atoms with E-state index in [2.05, 4.69) is 5.32 Å². The van der Waals surface area contributed by atoms with Gasteiger partial charge in [0.2, 0.25) is 5.91 Å². The Morgan fingerprint density at radius 2 is 1.35 bits per heavy atom. The lowest BCUT2D eigenvalue weighted by atomic mass is 9.90. The summed E-state index contributed by atoms with van der Waals surface area (Å²) in [6, 6.07) is 25.3. The summed E-state index contributed by atoms with van der Waals surface area (Å²) in [4.78, 5) is 13.2. The number of hydrogen-bond acceptors (Lipinski definition) is 3. The predicted molar refractivity (Wildman–Crippen MR) is 103 cm³/mol. The van der Waals surface area contributed by atoms with Gasteiger partial charge < -0.3 is 5.32 Å². The molecule has 3 aromatic carbocycles. The van der Waals surface area contributed by atoms with Crippen LogP contribution in [-0.2, 0) is 14.6 Å². The molecule has 132 valence electrons. The molecule has 0 aromatic heterocycles. The molecule has 0 bridgehead atoms. The van der Waals surface area contributed by atoms with Crippen molar-refractivity contribution in [2.24, 2.45) is 0 Å². The van der Waals surface area contributed by atoms with E-state index in [-0.39, 0.29) is 10.8 Å². The van der Waals surface area contributed by atoms with Crippen LogP contribution in [0.25, 0.3) is 0 Å². The first kappa shape index (κ1) is 17.9. The highest BCUT2D eigenvalue weighted by molar-refractivity contribution is 7.90. The summed E-state index contributed by atoms with van der Waals surface area (Å²) in [6.07, 6.45) is 1.14. The molecule has 0 spiro atoms. The van der Waals surface area contributed by atoms with E-state index in [1.54, 1.807) is 12.1 Å². The molecular weight excluding hydrogens is 346 g/mol. The summed E-state index contributed by atoms with van der Waals surface area (Å²) in [7, 11) is -3.34. The van der Waals surface area contributed by atoms with Gasteiger partial charge in [-0.1, -0.05) is 66.7 Å². The number of hydrogen-bond donors (Lipinski definition) is 1. The second-order valence-corrected chi connectivity index (χ2v) is 8.06. The second kappa shape index (κ2) is 7.54. The number of anilines is 1. The van der Waals surface area contributed by atoms with E-state index < -0.39 is 15.8 Å². The Labute approximate surface area is 153 Å². The third-order valence-electron chi connectivity index (χ3n) is 4.06. The van der Waals surface area contributed by atoms with E-state index >= 15 is 0 Å². The van der Waals surface area contributed by atoms with Gasteiger partial charge in [0.05, 0.1) is 10.8 Å². The molecule has 1 amide bonds. The molecule has 0 unspecified atom stereocenters. The van der Waals surface area contributed by atoms with E-state index in [0.29, 0.717) is 5.69 Å². The lowest BCUT2D eigenvalue weighted by molar-refractivity contribution is -0.116. The van der Waals surface area contributed by atoms with Crippen molar-refractivity contribution in [3.63, 3.8) is 0 Å². The minimum Gasteiger partial charge on any atom is -0.325 e. The van der Waals surface area contributed by atoms with Crippen molar-refractivity contribution in [2.75, 3.05) is 11.6 Å². The SMILES string of the molecule is CS(=O)(=O)c1cccc(NC(=O)C(c2ccccc2)c2ccccc2)c1. The number of rotatable bonds is 5. The van der Waals surface area contributed by atoms with Crippen molar-refractivity contribution in [2.45, 2.75) is 10.8 Å². The highest BCUT2D eigenvalue weighted by Crippen LogP contribution is 2.26. The Morgan fingerprint density at radius 3 is 1.85 bits per heavy atom. The predicted octanol–water partition coefficient (Wildman–Crippen LogP) is 3.86. The molecule has 0 atom stereocenters. The van der Waals surface area contributed by atoms with E-state index in [0.717, 1.165) is 17.4 Å². The highest BCUT2D eigenvalue weighted by atomic mass is 32.2. The zero-order chi connectivity index (χ0) is 18.6. The molecule has 0 saturated heterocycles. The molecule has 26 heavy (non-hydrogen) atoms. The minimum absolute atomic E-state index is 0.172. The maximum atomic E-state index is 13.0. The van der Waals surface area contributed by atoms with Gasteiger partial charge in [-0.15, -0.1) is 0 Å². The molecule has 0 radical (unpaired) electrons. The summed E-state index contributed by atoms with van der Waals surface area (Å²) >= 11 is 0. The average Bonchev–Trinajstić information content (AvgIpc) is 2.63. The zero-order valence-corrected chi connectivity index (χ0v) is 15.1. The fourth-order valence-corrected chi connectivity index (χ4v) is 3.47. The van der Waals surface area contributed by atoms with Gasteiger partial charge in [-0.25, -0.2) is 8.42 Å². The van der Waals surface area contributed by atoms with Gasteiger partial charge in [0.25, 0.3) is 0 Å². The molecular formula is C21H19NO3S. The Balaban J connectivity index is 1.95. The first-order valence-corrected chi connectivity index (χ1v) is 10.1. The second-order valence-electron chi connectivity index (χ2n) is 6.04. The van der Waals surface area contributed by atoms with Gasteiger partial charge in [0.15, 0.2) is 9.84 Å². The highest BCUT2D eigenvalue weighted by Gasteiger charge is 2.22. The van der Waals surface area contributed by atoms with Crippen LogP contribution in [-0.4, -0.2) is 20.6 Å². The van der Waals surface area contributed by atoms with Crippen LogP contribution in [0.4, 0.5) is 5.69 Å². The van der Waals surface area contributed by atoms with Crippen LogP contribution in [0.3, 0.4) is 0 Å².